The van der Waals surface area contributed by atoms with Crippen molar-refractivity contribution in [3.8, 4) is 5.75 Å². The Morgan fingerprint density at radius 3 is 2.47 bits per heavy atom. The molecular formula is C24H25BrN2O3. The van der Waals surface area contributed by atoms with Crippen molar-refractivity contribution in [2.75, 3.05) is 31.1 Å². The van der Waals surface area contributed by atoms with Gasteiger partial charge in [0.25, 0.3) is 5.91 Å². The first-order chi connectivity index (χ1) is 14.5. The number of carbonyl (C=O) groups excluding carboxylic acids is 1. The maximum Gasteiger partial charge on any atom is 0.289 e. The van der Waals surface area contributed by atoms with Gasteiger partial charge in [0.15, 0.2) is 5.76 Å². The molecule has 2 heterocycles. The summed E-state index contributed by atoms with van der Waals surface area (Å²) < 4.78 is 12.5. The van der Waals surface area contributed by atoms with Gasteiger partial charge in [0, 0.05) is 36.3 Å². The number of hydrogen-bond acceptors (Lipinski definition) is 4. The van der Waals surface area contributed by atoms with Crippen molar-refractivity contribution in [1.82, 2.24) is 4.90 Å². The molecule has 0 radical (unpaired) electrons. The average molecular weight is 469 g/mol. The molecule has 0 unspecified atom stereocenters. The summed E-state index contributed by atoms with van der Waals surface area (Å²) in [6.07, 6.45) is 0. The van der Waals surface area contributed by atoms with E-state index in [2.05, 4.69) is 52.9 Å². The van der Waals surface area contributed by atoms with Crippen LogP contribution < -0.4 is 9.64 Å². The molecule has 156 valence electrons. The largest absolute Gasteiger partial charge is 0.486 e. The minimum Gasteiger partial charge on any atom is -0.486 e. The highest BCUT2D eigenvalue weighted by Crippen LogP contribution is 2.24. The number of furan rings is 1. The van der Waals surface area contributed by atoms with Crippen molar-refractivity contribution in [3.05, 3.63) is 81.7 Å². The number of nitrogens with zero attached hydrogens (tertiary/aromatic N) is 2. The lowest BCUT2D eigenvalue weighted by Gasteiger charge is -2.36. The molecular weight excluding hydrogens is 444 g/mol. The summed E-state index contributed by atoms with van der Waals surface area (Å²) in [7, 11) is 0. The van der Waals surface area contributed by atoms with Gasteiger partial charge < -0.3 is 19.0 Å². The normalized spacial score (nSPS) is 14.1. The van der Waals surface area contributed by atoms with Crippen molar-refractivity contribution >= 4 is 27.5 Å². The number of amides is 1. The molecule has 1 amide bonds. The number of halogens is 1. The van der Waals surface area contributed by atoms with Crippen molar-refractivity contribution < 1.29 is 13.9 Å². The summed E-state index contributed by atoms with van der Waals surface area (Å²) in [6, 6.07) is 17.5. The Balaban J connectivity index is 1.33. The van der Waals surface area contributed by atoms with Crippen LogP contribution in [0.3, 0.4) is 0 Å². The first-order valence-electron chi connectivity index (χ1n) is 10.1. The van der Waals surface area contributed by atoms with Gasteiger partial charge in [-0.05, 0) is 67.4 Å². The number of benzene rings is 2. The molecule has 0 aliphatic carbocycles. The number of hydrogen-bond donors (Lipinski definition) is 0. The highest BCUT2D eigenvalue weighted by atomic mass is 79.9. The van der Waals surface area contributed by atoms with Crippen molar-refractivity contribution in [2.24, 2.45) is 0 Å². The van der Waals surface area contributed by atoms with Crippen molar-refractivity contribution in [3.63, 3.8) is 0 Å². The van der Waals surface area contributed by atoms with Gasteiger partial charge in [0.05, 0.1) is 0 Å². The van der Waals surface area contributed by atoms with Crippen molar-refractivity contribution in [1.29, 1.82) is 0 Å². The zero-order valence-corrected chi connectivity index (χ0v) is 18.8. The highest BCUT2D eigenvalue weighted by Gasteiger charge is 2.25. The number of ether oxygens (including phenoxy) is 1. The predicted molar refractivity (Wildman–Crippen MR) is 121 cm³/mol. The highest BCUT2D eigenvalue weighted by molar-refractivity contribution is 9.10. The van der Waals surface area contributed by atoms with Gasteiger partial charge in [0.1, 0.15) is 18.1 Å². The van der Waals surface area contributed by atoms with E-state index in [0.29, 0.717) is 24.6 Å². The SMILES string of the molecule is Cc1cccc(N2CCN(C(=O)c3ccc(COc4ccc(Br)cc4)o3)CC2)c1C. The molecule has 2 aromatic carbocycles. The van der Waals surface area contributed by atoms with Crippen LogP contribution in [0.25, 0.3) is 0 Å². The second kappa shape index (κ2) is 8.96. The first-order valence-corrected chi connectivity index (χ1v) is 10.9. The molecule has 4 rings (SSSR count). The standard InChI is InChI=1S/C24H25BrN2O3/c1-17-4-3-5-22(18(17)2)26-12-14-27(15-13-26)24(28)23-11-10-21(30-23)16-29-20-8-6-19(25)7-9-20/h3-11H,12-16H2,1-2H3. The monoisotopic (exact) mass is 468 g/mol. The third kappa shape index (κ3) is 4.54. The lowest BCUT2D eigenvalue weighted by Crippen LogP contribution is -2.49. The summed E-state index contributed by atoms with van der Waals surface area (Å²) >= 11 is 3.40. The summed E-state index contributed by atoms with van der Waals surface area (Å²) in [6.45, 7) is 7.56. The van der Waals surface area contributed by atoms with Gasteiger partial charge in [-0.15, -0.1) is 0 Å². The number of anilines is 1. The fourth-order valence-corrected chi connectivity index (χ4v) is 3.90. The van der Waals surface area contributed by atoms with E-state index in [1.807, 2.05) is 29.2 Å². The van der Waals surface area contributed by atoms with Crippen LogP contribution in [0, 0.1) is 13.8 Å². The molecule has 0 N–H and O–H groups in total. The minimum atomic E-state index is -0.0643. The van der Waals surface area contributed by atoms with Gasteiger partial charge >= 0.3 is 0 Å². The third-order valence-corrected chi connectivity index (χ3v) is 6.08. The summed E-state index contributed by atoms with van der Waals surface area (Å²) in [5.74, 6) is 1.69. The van der Waals surface area contributed by atoms with Gasteiger partial charge in [0.2, 0.25) is 0 Å². The zero-order chi connectivity index (χ0) is 21.1. The summed E-state index contributed by atoms with van der Waals surface area (Å²) in [5.41, 5.74) is 3.85. The molecule has 0 spiro atoms. The van der Waals surface area contributed by atoms with E-state index < -0.39 is 0 Å². The smallest absolute Gasteiger partial charge is 0.289 e. The summed E-state index contributed by atoms with van der Waals surface area (Å²) in [4.78, 5) is 17.1. The second-order valence-corrected chi connectivity index (χ2v) is 8.42. The first kappa shape index (κ1) is 20.5. The molecule has 30 heavy (non-hydrogen) atoms. The van der Waals surface area contributed by atoms with Crippen LogP contribution in [0.4, 0.5) is 5.69 Å². The second-order valence-electron chi connectivity index (χ2n) is 7.51. The average Bonchev–Trinajstić information content (AvgIpc) is 3.24. The Hall–Kier alpha value is -2.73. The van der Waals surface area contributed by atoms with E-state index in [9.17, 15) is 4.79 Å². The minimum absolute atomic E-state index is 0.0643. The molecule has 3 aromatic rings. The third-order valence-electron chi connectivity index (χ3n) is 5.55. The van der Waals surface area contributed by atoms with Crippen molar-refractivity contribution in [2.45, 2.75) is 20.5 Å². The molecule has 1 aliphatic rings. The molecule has 6 heteroatoms. The fraction of sp³-hybridized carbons (Fsp3) is 0.292. The Bertz CT molecular complexity index is 1020. The fourth-order valence-electron chi connectivity index (χ4n) is 3.64. The lowest BCUT2D eigenvalue weighted by molar-refractivity contribution is 0.0710. The van der Waals surface area contributed by atoms with Gasteiger partial charge in [-0.2, -0.15) is 0 Å². The molecule has 1 fully saturated rings. The number of carbonyl (C=O) groups is 1. The molecule has 0 saturated carbocycles. The van der Waals surface area contributed by atoms with E-state index in [1.54, 1.807) is 12.1 Å². The lowest BCUT2D eigenvalue weighted by atomic mass is 10.1. The van der Waals surface area contributed by atoms with E-state index >= 15 is 0 Å². The Kier molecular flexibility index (Phi) is 6.13. The van der Waals surface area contributed by atoms with Crippen LogP contribution in [-0.4, -0.2) is 37.0 Å². The Morgan fingerprint density at radius 2 is 1.73 bits per heavy atom. The van der Waals surface area contributed by atoms with Crippen LogP contribution in [0.2, 0.25) is 0 Å². The molecule has 5 nitrogen and oxygen atoms in total. The summed E-state index contributed by atoms with van der Waals surface area (Å²) in [5, 5.41) is 0. The van der Waals surface area contributed by atoms with Crippen LogP contribution in [0.15, 0.2) is 63.5 Å². The number of aryl methyl sites for hydroxylation is 1. The quantitative estimate of drug-likeness (QED) is 0.516. The molecule has 1 aliphatic heterocycles. The van der Waals surface area contributed by atoms with Crippen LogP contribution in [0.1, 0.15) is 27.4 Å². The molecule has 0 atom stereocenters. The molecule has 0 bridgehead atoms. The van der Waals surface area contributed by atoms with Crippen LogP contribution >= 0.6 is 15.9 Å². The topological polar surface area (TPSA) is 45.9 Å². The van der Waals surface area contributed by atoms with Gasteiger partial charge in [-0.3, -0.25) is 4.79 Å². The maximum absolute atomic E-state index is 12.9. The number of piperazine rings is 1. The van der Waals surface area contributed by atoms with Gasteiger partial charge in [-0.1, -0.05) is 28.1 Å². The Labute approximate surface area is 185 Å². The van der Waals surface area contributed by atoms with Crippen LogP contribution in [-0.2, 0) is 6.61 Å². The van der Waals surface area contributed by atoms with E-state index in [1.165, 1.54) is 16.8 Å². The number of rotatable bonds is 5. The Morgan fingerprint density at radius 1 is 1.00 bits per heavy atom. The maximum atomic E-state index is 12.9. The molecule has 1 saturated heterocycles. The van der Waals surface area contributed by atoms with E-state index in [0.717, 1.165) is 23.3 Å². The van der Waals surface area contributed by atoms with E-state index in [4.69, 9.17) is 9.15 Å². The van der Waals surface area contributed by atoms with Crippen LogP contribution in [0.5, 0.6) is 5.75 Å². The zero-order valence-electron chi connectivity index (χ0n) is 17.2. The van der Waals surface area contributed by atoms with E-state index in [-0.39, 0.29) is 12.5 Å². The van der Waals surface area contributed by atoms with Gasteiger partial charge in [-0.25, -0.2) is 0 Å². The predicted octanol–water partition coefficient (Wildman–Crippen LogP) is 5.20. The molecule has 1 aromatic heterocycles.